The summed E-state index contributed by atoms with van der Waals surface area (Å²) in [4.78, 5) is 21.4. The van der Waals surface area contributed by atoms with E-state index in [1.165, 1.54) is 0 Å². The summed E-state index contributed by atoms with van der Waals surface area (Å²) < 4.78 is 10.8. The van der Waals surface area contributed by atoms with E-state index in [0.717, 1.165) is 12.6 Å². The molecule has 8 heteroatoms. The van der Waals surface area contributed by atoms with Crippen molar-refractivity contribution in [2.75, 3.05) is 32.1 Å². The quantitative estimate of drug-likeness (QED) is 0.511. The van der Waals surface area contributed by atoms with E-state index < -0.39 is 7.60 Å². The Bertz CT molecular complexity index is 195. The SMILES string of the molecule is CCN(CN(CP)CP)CP(=O)(O)O. The Kier molecular flexibility index (Phi) is 7.73. The molecule has 2 N–H and O–H groups in total. The van der Waals surface area contributed by atoms with Crippen LogP contribution in [0.15, 0.2) is 0 Å². The lowest BCUT2D eigenvalue weighted by molar-refractivity contribution is 0.184. The molecule has 0 aliphatic heterocycles. The van der Waals surface area contributed by atoms with Gasteiger partial charge < -0.3 is 9.79 Å². The first-order valence-corrected chi connectivity index (χ1v) is 7.75. The van der Waals surface area contributed by atoms with Crippen molar-refractivity contribution in [1.29, 1.82) is 0 Å². The zero-order valence-corrected chi connectivity index (χ0v) is 11.5. The fraction of sp³-hybridized carbons (Fsp3) is 1.00. The van der Waals surface area contributed by atoms with Gasteiger partial charge in [0.1, 0.15) is 6.29 Å². The third-order valence-corrected chi connectivity index (χ3v) is 3.55. The molecule has 0 aliphatic rings. The van der Waals surface area contributed by atoms with E-state index in [4.69, 9.17) is 9.79 Å². The van der Waals surface area contributed by atoms with Crippen LogP contribution in [0.3, 0.4) is 0 Å². The molecule has 0 radical (unpaired) electrons. The molecule has 0 aromatic heterocycles. The predicted molar refractivity (Wildman–Crippen MR) is 65.2 cm³/mol. The first kappa shape index (κ1) is 14.9. The van der Waals surface area contributed by atoms with Crippen LogP contribution in [0, 0.1) is 0 Å². The zero-order valence-electron chi connectivity index (χ0n) is 8.33. The Morgan fingerprint density at radius 3 is 2.00 bits per heavy atom. The lowest BCUT2D eigenvalue weighted by Gasteiger charge is -2.27. The molecule has 86 valence electrons. The van der Waals surface area contributed by atoms with Gasteiger partial charge in [-0.25, -0.2) is 0 Å². The van der Waals surface area contributed by atoms with Gasteiger partial charge in [0.15, 0.2) is 0 Å². The van der Waals surface area contributed by atoms with Crippen LogP contribution < -0.4 is 0 Å². The predicted octanol–water partition coefficient (Wildman–Crippen LogP) is 0.368. The van der Waals surface area contributed by atoms with Crippen LogP contribution in [0.1, 0.15) is 6.92 Å². The van der Waals surface area contributed by atoms with Crippen LogP contribution in [0.4, 0.5) is 0 Å². The maximum atomic E-state index is 10.8. The van der Waals surface area contributed by atoms with Crippen LogP contribution in [0.25, 0.3) is 0 Å². The van der Waals surface area contributed by atoms with Crippen LogP contribution in [-0.2, 0) is 4.57 Å². The molecule has 14 heavy (non-hydrogen) atoms. The third kappa shape index (κ3) is 7.25. The van der Waals surface area contributed by atoms with Crippen molar-refractivity contribution in [2.45, 2.75) is 6.92 Å². The van der Waals surface area contributed by atoms with Gasteiger partial charge in [0, 0.05) is 12.6 Å². The smallest absolute Gasteiger partial charge is 0.324 e. The summed E-state index contributed by atoms with van der Waals surface area (Å²) in [5.74, 6) is 0. The standard InChI is InChI=1S/C6H19N2O3P3/c1-2-7(6-14(9,10)11)3-8(4-12)5-13/h2-6,12-13H2,1H3,(H2,9,10,11). The first-order chi connectivity index (χ1) is 6.42. The number of nitrogens with zero attached hydrogens (tertiary/aromatic N) is 2. The molecular weight excluding hydrogens is 241 g/mol. The average Bonchev–Trinajstić information content (AvgIpc) is 2.10. The molecule has 0 aromatic carbocycles. The van der Waals surface area contributed by atoms with Crippen molar-refractivity contribution >= 4 is 26.1 Å². The van der Waals surface area contributed by atoms with E-state index in [-0.39, 0.29) is 6.29 Å². The molecular formula is C6H19N2O3P3. The highest BCUT2D eigenvalue weighted by atomic mass is 31.2. The minimum absolute atomic E-state index is 0.171. The van der Waals surface area contributed by atoms with E-state index in [0.29, 0.717) is 13.2 Å². The largest absolute Gasteiger partial charge is 0.339 e. The average molecular weight is 260 g/mol. The highest BCUT2D eigenvalue weighted by Crippen LogP contribution is 2.34. The molecule has 2 unspecified atom stereocenters. The van der Waals surface area contributed by atoms with Crippen LogP contribution >= 0.6 is 26.1 Å². The molecule has 5 nitrogen and oxygen atoms in total. The number of hydrogen-bond donors (Lipinski definition) is 2. The van der Waals surface area contributed by atoms with Crippen molar-refractivity contribution in [3.63, 3.8) is 0 Å². The molecule has 0 aromatic rings. The van der Waals surface area contributed by atoms with Gasteiger partial charge in [-0.2, -0.15) is 0 Å². The van der Waals surface area contributed by atoms with Gasteiger partial charge in [0.05, 0.1) is 6.67 Å². The van der Waals surface area contributed by atoms with E-state index in [9.17, 15) is 4.57 Å². The van der Waals surface area contributed by atoms with Gasteiger partial charge in [0.25, 0.3) is 0 Å². The van der Waals surface area contributed by atoms with E-state index >= 15 is 0 Å². The van der Waals surface area contributed by atoms with E-state index in [2.05, 4.69) is 23.4 Å². The second-order valence-corrected chi connectivity index (χ2v) is 5.31. The monoisotopic (exact) mass is 260 g/mol. The second-order valence-electron chi connectivity index (χ2n) is 2.97. The van der Waals surface area contributed by atoms with Crippen molar-refractivity contribution in [3.8, 4) is 0 Å². The van der Waals surface area contributed by atoms with Crippen molar-refractivity contribution in [3.05, 3.63) is 0 Å². The number of hydrogen-bond acceptors (Lipinski definition) is 3. The van der Waals surface area contributed by atoms with E-state index in [1.54, 1.807) is 4.90 Å². The Balaban J connectivity index is 4.08. The summed E-state index contributed by atoms with van der Waals surface area (Å²) in [6.07, 6.45) is 1.41. The van der Waals surface area contributed by atoms with E-state index in [1.807, 2.05) is 6.92 Å². The van der Waals surface area contributed by atoms with Crippen LogP contribution in [-0.4, -0.2) is 51.7 Å². The lowest BCUT2D eigenvalue weighted by Crippen LogP contribution is -2.37. The Labute approximate surface area is 89.8 Å². The normalized spacial score (nSPS) is 12.8. The Morgan fingerprint density at radius 2 is 1.71 bits per heavy atom. The minimum atomic E-state index is -3.93. The van der Waals surface area contributed by atoms with Crippen molar-refractivity contribution < 1.29 is 14.4 Å². The molecule has 0 aliphatic carbocycles. The summed E-state index contributed by atoms with van der Waals surface area (Å²) in [5, 5.41) is 0. The van der Waals surface area contributed by atoms with Crippen molar-refractivity contribution in [2.24, 2.45) is 0 Å². The number of rotatable bonds is 7. The molecule has 0 spiro atoms. The molecule has 2 atom stereocenters. The third-order valence-electron chi connectivity index (χ3n) is 1.75. The maximum Gasteiger partial charge on any atom is 0.339 e. The molecule has 0 saturated heterocycles. The minimum Gasteiger partial charge on any atom is -0.324 e. The van der Waals surface area contributed by atoms with Gasteiger partial charge in [-0.05, 0) is 6.54 Å². The van der Waals surface area contributed by atoms with Gasteiger partial charge >= 0.3 is 7.60 Å². The van der Waals surface area contributed by atoms with Crippen LogP contribution in [0.2, 0.25) is 0 Å². The Hall–Kier alpha value is 0.930. The highest BCUT2D eigenvalue weighted by Gasteiger charge is 2.18. The maximum absolute atomic E-state index is 10.8. The van der Waals surface area contributed by atoms with Crippen LogP contribution in [0.5, 0.6) is 0 Å². The summed E-state index contributed by atoms with van der Waals surface area (Å²) >= 11 is 0. The zero-order chi connectivity index (χ0) is 11.2. The molecule has 0 bridgehead atoms. The van der Waals surface area contributed by atoms with Gasteiger partial charge in [-0.1, -0.05) is 6.92 Å². The summed E-state index contributed by atoms with van der Waals surface area (Å²) in [6, 6.07) is 0. The fourth-order valence-corrected chi connectivity index (χ4v) is 2.62. The van der Waals surface area contributed by atoms with Gasteiger partial charge in [-0.15, -0.1) is 18.5 Å². The lowest BCUT2D eigenvalue weighted by atomic mass is 10.6. The van der Waals surface area contributed by atoms with Crippen molar-refractivity contribution in [1.82, 2.24) is 9.80 Å². The second kappa shape index (κ2) is 7.24. The Morgan fingerprint density at radius 1 is 1.21 bits per heavy atom. The summed E-state index contributed by atoms with van der Waals surface area (Å²) in [7, 11) is 1.26. The molecule has 0 fully saturated rings. The first-order valence-electron chi connectivity index (χ1n) is 4.32. The molecule has 0 saturated carbocycles. The summed E-state index contributed by atoms with van der Waals surface area (Å²) in [6.45, 7) is 3.10. The topological polar surface area (TPSA) is 64.0 Å². The highest BCUT2D eigenvalue weighted by molar-refractivity contribution is 7.51. The van der Waals surface area contributed by atoms with Gasteiger partial charge in [-0.3, -0.25) is 14.4 Å². The molecule has 0 rings (SSSR count). The molecule has 0 amide bonds. The summed E-state index contributed by atoms with van der Waals surface area (Å²) in [5.41, 5.74) is 0. The van der Waals surface area contributed by atoms with Gasteiger partial charge in [0.2, 0.25) is 0 Å². The molecule has 0 heterocycles. The fourth-order valence-electron chi connectivity index (χ4n) is 0.978.